The summed E-state index contributed by atoms with van der Waals surface area (Å²) in [6.45, 7) is 0. The molecule has 0 aliphatic heterocycles. The van der Waals surface area contributed by atoms with Crippen LogP contribution < -0.4 is 0 Å². The van der Waals surface area contributed by atoms with Crippen molar-refractivity contribution in [2.75, 3.05) is 0 Å². The van der Waals surface area contributed by atoms with E-state index in [1.165, 1.54) is 12.1 Å². The van der Waals surface area contributed by atoms with Gasteiger partial charge in [-0.05, 0) is 17.7 Å². The predicted molar refractivity (Wildman–Crippen MR) is 85.7 cm³/mol. The largest absolute Gasteiger partial charge is 0.506 e. The van der Waals surface area contributed by atoms with Gasteiger partial charge in [0.15, 0.2) is 11.5 Å². The lowest BCUT2D eigenvalue weighted by Crippen LogP contribution is -1.91. The summed E-state index contributed by atoms with van der Waals surface area (Å²) in [5.74, 6) is -2.76. The van der Waals surface area contributed by atoms with Crippen molar-refractivity contribution < 1.29 is 19.0 Å². The second-order valence-electron chi connectivity index (χ2n) is 4.97. The Morgan fingerprint density at radius 2 is 1.42 bits per heavy atom. The van der Waals surface area contributed by atoms with Crippen LogP contribution in [0.15, 0.2) is 70.9 Å². The van der Waals surface area contributed by atoms with Crippen molar-refractivity contribution in [3.8, 4) is 22.6 Å². The van der Waals surface area contributed by atoms with Gasteiger partial charge in [-0.1, -0.05) is 42.5 Å². The molecule has 0 heterocycles. The Morgan fingerprint density at radius 3 is 2.12 bits per heavy atom. The summed E-state index contributed by atoms with van der Waals surface area (Å²) in [6.07, 6.45) is 0. The van der Waals surface area contributed by atoms with Crippen LogP contribution in [0, 0.1) is 11.6 Å². The molecule has 4 nitrogen and oxygen atoms in total. The maximum Gasteiger partial charge on any atom is 0.165 e. The van der Waals surface area contributed by atoms with Crippen molar-refractivity contribution in [1.29, 1.82) is 0 Å². The minimum absolute atomic E-state index is 0.0990. The van der Waals surface area contributed by atoms with Crippen molar-refractivity contribution in [2.45, 2.75) is 0 Å². The van der Waals surface area contributed by atoms with Crippen LogP contribution in [0.4, 0.5) is 20.2 Å². The number of para-hydroxylation sites is 1. The molecule has 120 valence electrons. The number of azo groups is 1. The number of phenolic OH excluding ortho intramolecular Hbond substituents is 2. The lowest BCUT2D eigenvalue weighted by molar-refractivity contribution is 0.462. The summed E-state index contributed by atoms with van der Waals surface area (Å²) in [4.78, 5) is 0. The van der Waals surface area contributed by atoms with E-state index in [9.17, 15) is 19.0 Å². The minimum Gasteiger partial charge on any atom is -0.506 e. The first-order chi connectivity index (χ1) is 11.6. The molecule has 2 N–H and O–H groups in total. The third-order valence-corrected chi connectivity index (χ3v) is 3.37. The van der Waals surface area contributed by atoms with Crippen LogP contribution in [0.3, 0.4) is 0 Å². The smallest absolute Gasteiger partial charge is 0.165 e. The first-order valence-corrected chi connectivity index (χ1v) is 7.04. The zero-order chi connectivity index (χ0) is 17.1. The number of hydrogen-bond acceptors (Lipinski definition) is 4. The van der Waals surface area contributed by atoms with E-state index in [0.29, 0.717) is 5.56 Å². The molecule has 0 unspecified atom stereocenters. The fourth-order valence-electron chi connectivity index (χ4n) is 2.21. The molecule has 0 bridgehead atoms. The topological polar surface area (TPSA) is 65.2 Å². The lowest BCUT2D eigenvalue weighted by atomic mass is 10.0. The molecule has 0 atom stereocenters. The van der Waals surface area contributed by atoms with Gasteiger partial charge in [-0.2, -0.15) is 0 Å². The van der Waals surface area contributed by atoms with Gasteiger partial charge in [-0.3, -0.25) is 0 Å². The molecule has 3 aromatic carbocycles. The maximum absolute atomic E-state index is 14.7. The zero-order valence-corrected chi connectivity index (χ0v) is 12.3. The molecule has 0 saturated heterocycles. The number of halogens is 2. The molecule has 0 aliphatic carbocycles. The van der Waals surface area contributed by atoms with Gasteiger partial charge in [0.2, 0.25) is 0 Å². The van der Waals surface area contributed by atoms with E-state index in [4.69, 9.17) is 0 Å². The van der Waals surface area contributed by atoms with Gasteiger partial charge in [0.05, 0.1) is 5.56 Å². The molecule has 0 amide bonds. The van der Waals surface area contributed by atoms with Gasteiger partial charge >= 0.3 is 0 Å². The molecule has 0 spiro atoms. The fourth-order valence-corrected chi connectivity index (χ4v) is 2.21. The first-order valence-electron chi connectivity index (χ1n) is 7.04. The van der Waals surface area contributed by atoms with Crippen LogP contribution in [0.25, 0.3) is 11.1 Å². The van der Waals surface area contributed by atoms with Crippen LogP contribution in [0.1, 0.15) is 0 Å². The Morgan fingerprint density at radius 1 is 0.750 bits per heavy atom. The van der Waals surface area contributed by atoms with E-state index < -0.39 is 23.1 Å². The van der Waals surface area contributed by atoms with E-state index in [0.717, 1.165) is 6.07 Å². The Bertz CT molecular complexity index is 912. The number of phenols is 2. The summed E-state index contributed by atoms with van der Waals surface area (Å²) in [5, 5.41) is 26.8. The third-order valence-electron chi connectivity index (χ3n) is 3.37. The molecule has 0 aromatic heterocycles. The number of hydrogen-bond donors (Lipinski definition) is 2. The van der Waals surface area contributed by atoms with Crippen molar-refractivity contribution in [1.82, 2.24) is 0 Å². The number of benzene rings is 3. The van der Waals surface area contributed by atoms with Crippen LogP contribution in [-0.4, -0.2) is 10.2 Å². The van der Waals surface area contributed by atoms with E-state index in [-0.39, 0.29) is 17.0 Å². The molecular weight excluding hydrogens is 314 g/mol. The number of rotatable bonds is 3. The van der Waals surface area contributed by atoms with Crippen LogP contribution >= 0.6 is 0 Å². The highest BCUT2D eigenvalue weighted by Crippen LogP contribution is 2.39. The molecule has 0 saturated carbocycles. The van der Waals surface area contributed by atoms with E-state index in [1.807, 2.05) is 0 Å². The Hall–Kier alpha value is -3.28. The summed E-state index contributed by atoms with van der Waals surface area (Å²) >= 11 is 0. The quantitative estimate of drug-likeness (QED) is 0.628. The van der Waals surface area contributed by atoms with Crippen LogP contribution in [0.2, 0.25) is 0 Å². The van der Waals surface area contributed by atoms with Crippen molar-refractivity contribution in [3.63, 3.8) is 0 Å². The highest BCUT2D eigenvalue weighted by atomic mass is 19.1. The fraction of sp³-hybridized carbons (Fsp3) is 0. The second-order valence-corrected chi connectivity index (χ2v) is 4.97. The van der Waals surface area contributed by atoms with E-state index in [1.54, 1.807) is 42.5 Å². The predicted octanol–water partition coefficient (Wildman–Crippen LogP) is 5.46. The van der Waals surface area contributed by atoms with Crippen LogP contribution in [0.5, 0.6) is 11.5 Å². The summed E-state index contributed by atoms with van der Waals surface area (Å²) in [7, 11) is 0. The molecule has 24 heavy (non-hydrogen) atoms. The van der Waals surface area contributed by atoms with E-state index >= 15 is 0 Å². The zero-order valence-electron chi connectivity index (χ0n) is 12.3. The minimum atomic E-state index is -1.03. The first kappa shape index (κ1) is 15.6. The average Bonchev–Trinajstić information content (AvgIpc) is 2.57. The summed E-state index contributed by atoms with van der Waals surface area (Å²) < 4.78 is 28.8. The van der Waals surface area contributed by atoms with Crippen molar-refractivity contribution in [3.05, 3.63) is 72.3 Å². The summed E-state index contributed by atoms with van der Waals surface area (Å²) in [5.41, 5.74) is -0.397. The van der Waals surface area contributed by atoms with Gasteiger partial charge in [-0.25, -0.2) is 8.78 Å². The van der Waals surface area contributed by atoms with Gasteiger partial charge in [0, 0.05) is 6.07 Å². The van der Waals surface area contributed by atoms with Crippen molar-refractivity contribution in [2.24, 2.45) is 10.2 Å². The third kappa shape index (κ3) is 2.94. The molecule has 0 aliphatic rings. The normalized spacial score (nSPS) is 11.1. The Kier molecular flexibility index (Phi) is 4.20. The monoisotopic (exact) mass is 326 g/mol. The molecule has 6 heteroatoms. The van der Waals surface area contributed by atoms with Gasteiger partial charge in [-0.15, -0.1) is 10.2 Å². The molecular formula is C18H12F2N2O2. The van der Waals surface area contributed by atoms with Gasteiger partial charge in [0.25, 0.3) is 0 Å². The van der Waals surface area contributed by atoms with Crippen molar-refractivity contribution >= 4 is 11.4 Å². The number of nitrogens with zero attached hydrogens (tertiary/aromatic N) is 2. The maximum atomic E-state index is 14.7. The van der Waals surface area contributed by atoms with Crippen LogP contribution in [-0.2, 0) is 0 Å². The highest BCUT2D eigenvalue weighted by Gasteiger charge is 2.19. The molecule has 0 fully saturated rings. The standard InChI is InChI=1S/C18H12F2N2O2/c19-12-10-15(24)18(22-21-13-8-4-5-9-14(13)23)17(20)16(12)11-6-2-1-3-7-11/h1-10,23-24H. The number of aromatic hydroxyl groups is 2. The Balaban J connectivity index is 2.11. The Labute approximate surface area is 136 Å². The molecule has 3 aromatic rings. The summed E-state index contributed by atoms with van der Waals surface area (Å²) in [6, 6.07) is 14.9. The SMILES string of the molecule is Oc1ccccc1N=Nc1c(O)cc(F)c(-c2ccccc2)c1F. The molecule has 0 radical (unpaired) electrons. The lowest BCUT2D eigenvalue weighted by Gasteiger charge is -2.08. The second kappa shape index (κ2) is 6.45. The van der Waals surface area contributed by atoms with Gasteiger partial charge < -0.3 is 10.2 Å². The van der Waals surface area contributed by atoms with Gasteiger partial charge in [0.1, 0.15) is 23.0 Å². The molecule has 3 rings (SSSR count). The average molecular weight is 326 g/mol. The highest BCUT2D eigenvalue weighted by molar-refractivity contribution is 5.72. The van der Waals surface area contributed by atoms with E-state index in [2.05, 4.69) is 10.2 Å².